The summed E-state index contributed by atoms with van der Waals surface area (Å²) in [5.41, 5.74) is 0.0739. The van der Waals surface area contributed by atoms with E-state index in [2.05, 4.69) is 17.2 Å². The van der Waals surface area contributed by atoms with Crippen molar-refractivity contribution in [3.63, 3.8) is 0 Å². The number of ether oxygens (including phenoxy) is 1. The van der Waals surface area contributed by atoms with Gasteiger partial charge in [-0.1, -0.05) is 56.5 Å². The molecule has 6 nitrogen and oxygen atoms in total. The summed E-state index contributed by atoms with van der Waals surface area (Å²) in [6.07, 6.45) is 6.32. The Kier molecular flexibility index (Phi) is 9.07. The van der Waals surface area contributed by atoms with E-state index >= 15 is 0 Å². The Morgan fingerprint density at radius 3 is 2.75 bits per heavy atom. The number of halogens is 1. The van der Waals surface area contributed by atoms with Crippen LogP contribution in [0.3, 0.4) is 0 Å². The minimum Gasteiger partial charge on any atom is -0.486 e. The van der Waals surface area contributed by atoms with Crippen LogP contribution in [0.15, 0.2) is 60.8 Å². The quantitative estimate of drug-likeness (QED) is 0.343. The number of rotatable bonds is 11. The third kappa shape index (κ3) is 7.35. The molecule has 3 aromatic rings. The van der Waals surface area contributed by atoms with Gasteiger partial charge in [0.05, 0.1) is 6.54 Å². The van der Waals surface area contributed by atoms with E-state index in [1.54, 1.807) is 18.3 Å². The van der Waals surface area contributed by atoms with Crippen molar-refractivity contribution in [3.05, 3.63) is 77.1 Å². The van der Waals surface area contributed by atoms with E-state index in [4.69, 9.17) is 4.74 Å². The molecule has 1 aromatic heterocycles. The zero-order valence-corrected chi connectivity index (χ0v) is 21.5. The molecule has 1 aliphatic heterocycles. The van der Waals surface area contributed by atoms with Crippen LogP contribution in [0.1, 0.15) is 49.5 Å². The minimum atomic E-state index is -0.914. The number of nitrogens with zero attached hydrogens (tertiary/aromatic N) is 2. The number of para-hydroxylation sites is 1. The van der Waals surface area contributed by atoms with Crippen molar-refractivity contribution in [2.24, 2.45) is 0 Å². The molecule has 2 N–H and O–H groups in total. The molecule has 8 heteroatoms. The summed E-state index contributed by atoms with van der Waals surface area (Å²) in [7, 11) is 0. The predicted octanol–water partition coefficient (Wildman–Crippen LogP) is 5.28. The summed E-state index contributed by atoms with van der Waals surface area (Å²) in [6.45, 7) is 3.45. The van der Waals surface area contributed by atoms with Crippen LogP contribution in [-0.2, 0) is 11.2 Å². The number of hydrogen-bond acceptors (Lipinski definition) is 6. The topological polar surface area (TPSA) is 74.7 Å². The maximum atomic E-state index is 13.1. The molecule has 4 rings (SSSR count). The Bertz CT molecular complexity index is 1110. The van der Waals surface area contributed by atoms with E-state index in [0.29, 0.717) is 37.5 Å². The maximum absolute atomic E-state index is 13.1. The first-order valence-electron chi connectivity index (χ1n) is 12.6. The number of aromatic nitrogens is 1. The number of amides is 1. The van der Waals surface area contributed by atoms with Crippen molar-refractivity contribution in [3.8, 4) is 5.75 Å². The Morgan fingerprint density at radius 1 is 1.22 bits per heavy atom. The van der Waals surface area contributed by atoms with E-state index in [1.165, 1.54) is 23.5 Å². The van der Waals surface area contributed by atoms with Crippen LogP contribution in [0.5, 0.6) is 5.75 Å². The summed E-state index contributed by atoms with van der Waals surface area (Å²) in [5.74, 6) is 0.316. The number of benzene rings is 2. The number of carbonyl (C=O) groups is 1. The molecule has 1 saturated heterocycles. The Labute approximate surface area is 216 Å². The number of carbonyl (C=O) groups excluding carboxylic acids is 1. The van der Waals surface area contributed by atoms with Crippen molar-refractivity contribution >= 4 is 22.4 Å². The van der Waals surface area contributed by atoms with Crippen LogP contribution in [0.4, 0.5) is 9.52 Å². The molecule has 0 saturated carbocycles. The van der Waals surface area contributed by atoms with Gasteiger partial charge in [-0.25, -0.2) is 9.37 Å². The van der Waals surface area contributed by atoms with Gasteiger partial charge >= 0.3 is 0 Å². The van der Waals surface area contributed by atoms with E-state index in [9.17, 15) is 14.3 Å². The number of unbranched alkanes of at least 4 members (excludes halogenated alkanes) is 2. The number of hydrogen-bond donors (Lipinski definition) is 2. The van der Waals surface area contributed by atoms with Gasteiger partial charge in [-0.15, -0.1) is 11.3 Å². The fourth-order valence-corrected chi connectivity index (χ4v) is 5.40. The SMILES string of the molecule is CCCCC[C@]1(O)CCN(CC(=O)Nc2ncc(Cc3ccc(F)cc3)s2)C[C@@H]1Oc1ccccc1. The molecule has 2 atom stereocenters. The van der Waals surface area contributed by atoms with E-state index in [1.807, 2.05) is 35.2 Å². The fraction of sp³-hybridized carbons (Fsp3) is 0.429. The monoisotopic (exact) mass is 511 g/mol. The van der Waals surface area contributed by atoms with Crippen molar-refractivity contribution in [2.45, 2.75) is 57.2 Å². The number of aliphatic hydroxyl groups is 1. The van der Waals surface area contributed by atoms with Gasteiger partial charge in [0.15, 0.2) is 5.13 Å². The average molecular weight is 512 g/mol. The molecule has 2 aromatic carbocycles. The van der Waals surface area contributed by atoms with Crippen LogP contribution >= 0.6 is 11.3 Å². The fourth-order valence-electron chi connectivity index (χ4n) is 4.54. The van der Waals surface area contributed by atoms with Crippen molar-refractivity contribution in [1.29, 1.82) is 0 Å². The van der Waals surface area contributed by atoms with Gasteiger partial charge < -0.3 is 15.2 Å². The maximum Gasteiger partial charge on any atom is 0.240 e. The molecule has 36 heavy (non-hydrogen) atoms. The lowest BCUT2D eigenvalue weighted by atomic mass is 9.83. The second-order valence-corrected chi connectivity index (χ2v) is 10.6. The predicted molar refractivity (Wildman–Crippen MR) is 141 cm³/mol. The lowest BCUT2D eigenvalue weighted by molar-refractivity contribution is -0.127. The van der Waals surface area contributed by atoms with Crippen LogP contribution in [0.2, 0.25) is 0 Å². The first-order chi connectivity index (χ1) is 17.4. The highest BCUT2D eigenvalue weighted by Crippen LogP contribution is 2.31. The van der Waals surface area contributed by atoms with E-state index in [-0.39, 0.29) is 18.3 Å². The van der Waals surface area contributed by atoms with Gasteiger partial charge in [0, 0.05) is 30.6 Å². The van der Waals surface area contributed by atoms with E-state index in [0.717, 1.165) is 35.5 Å². The summed E-state index contributed by atoms with van der Waals surface area (Å²) < 4.78 is 19.4. The molecule has 2 heterocycles. The number of likely N-dealkylation sites (tertiary alicyclic amines) is 1. The standard InChI is InChI=1S/C28H34FN3O3S/c1-2-3-7-14-28(34)15-16-32(19-25(28)35-23-8-5-4-6-9-23)20-26(33)31-27-30-18-24(36-27)17-21-10-12-22(29)13-11-21/h4-6,8-13,18,25,34H,2-3,7,14-17,19-20H2,1H3,(H,30,31,33)/t25-,28-/m0/s1. The normalized spacial score (nSPS) is 20.2. The number of nitrogens with one attached hydrogen (secondary N) is 1. The third-order valence-electron chi connectivity index (χ3n) is 6.58. The summed E-state index contributed by atoms with van der Waals surface area (Å²) >= 11 is 1.42. The van der Waals surface area contributed by atoms with Gasteiger partial charge in [0.2, 0.25) is 5.91 Å². The smallest absolute Gasteiger partial charge is 0.240 e. The second-order valence-electron chi connectivity index (χ2n) is 9.45. The van der Waals surface area contributed by atoms with Gasteiger partial charge in [-0.2, -0.15) is 0 Å². The first-order valence-corrected chi connectivity index (χ1v) is 13.4. The molecule has 1 fully saturated rings. The van der Waals surface area contributed by atoms with Gasteiger partial charge in [0.25, 0.3) is 0 Å². The van der Waals surface area contributed by atoms with Crippen LogP contribution in [0.25, 0.3) is 0 Å². The minimum absolute atomic E-state index is 0.146. The van der Waals surface area contributed by atoms with Crippen molar-refractivity contribution < 1.29 is 19.0 Å². The van der Waals surface area contributed by atoms with Crippen LogP contribution < -0.4 is 10.1 Å². The first kappa shape index (κ1) is 26.3. The van der Waals surface area contributed by atoms with Crippen LogP contribution in [0, 0.1) is 5.82 Å². The van der Waals surface area contributed by atoms with Gasteiger partial charge in [0.1, 0.15) is 23.3 Å². The highest BCUT2D eigenvalue weighted by Gasteiger charge is 2.43. The number of anilines is 1. The van der Waals surface area contributed by atoms with Crippen molar-refractivity contribution in [1.82, 2.24) is 9.88 Å². The summed E-state index contributed by atoms with van der Waals surface area (Å²) in [5, 5.41) is 14.9. The highest BCUT2D eigenvalue weighted by molar-refractivity contribution is 7.15. The summed E-state index contributed by atoms with van der Waals surface area (Å²) in [4.78, 5) is 20.1. The Balaban J connectivity index is 1.34. The lowest BCUT2D eigenvalue weighted by Crippen LogP contribution is -2.58. The molecule has 0 radical (unpaired) electrons. The highest BCUT2D eigenvalue weighted by atomic mass is 32.1. The molecule has 0 unspecified atom stereocenters. The lowest BCUT2D eigenvalue weighted by Gasteiger charge is -2.44. The summed E-state index contributed by atoms with van der Waals surface area (Å²) in [6, 6.07) is 15.9. The zero-order chi connectivity index (χ0) is 25.4. The zero-order valence-electron chi connectivity index (χ0n) is 20.7. The molecule has 0 spiro atoms. The van der Waals surface area contributed by atoms with Gasteiger partial charge in [-0.05, 0) is 42.7 Å². The van der Waals surface area contributed by atoms with Crippen LogP contribution in [-0.4, -0.2) is 52.2 Å². The number of piperidine rings is 1. The van der Waals surface area contributed by atoms with Crippen molar-refractivity contribution in [2.75, 3.05) is 25.0 Å². The Morgan fingerprint density at radius 2 is 2.00 bits per heavy atom. The van der Waals surface area contributed by atoms with Gasteiger partial charge in [-0.3, -0.25) is 9.69 Å². The molecule has 1 amide bonds. The third-order valence-corrected chi connectivity index (χ3v) is 7.49. The molecule has 1 aliphatic rings. The molecular formula is C28H34FN3O3S. The Hall–Kier alpha value is -2.81. The molecule has 0 aliphatic carbocycles. The van der Waals surface area contributed by atoms with E-state index < -0.39 is 11.7 Å². The second kappa shape index (κ2) is 12.4. The largest absolute Gasteiger partial charge is 0.486 e. The molecule has 192 valence electrons. The molecular weight excluding hydrogens is 477 g/mol. The molecule has 0 bridgehead atoms. The number of thiazole rings is 1. The average Bonchev–Trinajstić information content (AvgIpc) is 3.30.